The Morgan fingerprint density at radius 1 is 1.00 bits per heavy atom. The van der Waals surface area contributed by atoms with E-state index in [0.29, 0.717) is 6.54 Å². The summed E-state index contributed by atoms with van der Waals surface area (Å²) in [5, 5.41) is 6.26. The zero-order valence-electron chi connectivity index (χ0n) is 15.4. The highest BCUT2D eigenvalue weighted by Crippen LogP contribution is 2.45. The molecule has 2 N–H and O–H groups in total. The van der Waals surface area contributed by atoms with Crippen LogP contribution in [0, 0.1) is 22.7 Å². The van der Waals surface area contributed by atoms with Crippen LogP contribution < -0.4 is 10.6 Å². The van der Waals surface area contributed by atoms with E-state index in [4.69, 9.17) is 0 Å². The fourth-order valence-corrected chi connectivity index (χ4v) is 3.74. The topological polar surface area (TPSA) is 58.2 Å². The monoisotopic (exact) mass is 310 g/mol. The number of carbonyl (C=O) groups is 2. The number of rotatable bonds is 5. The maximum atomic E-state index is 12.0. The first-order valence-electron chi connectivity index (χ1n) is 8.52. The normalized spacial score (nSPS) is 27.8. The molecule has 0 bridgehead atoms. The van der Waals surface area contributed by atoms with E-state index in [-0.39, 0.29) is 40.5 Å². The molecule has 22 heavy (non-hydrogen) atoms. The minimum atomic E-state index is 0.0108. The lowest BCUT2D eigenvalue weighted by molar-refractivity contribution is -0.127. The third kappa shape index (κ3) is 5.62. The molecule has 1 fully saturated rings. The fourth-order valence-electron chi connectivity index (χ4n) is 3.74. The van der Waals surface area contributed by atoms with Crippen LogP contribution in [0.3, 0.4) is 0 Å². The summed E-state index contributed by atoms with van der Waals surface area (Å²) in [6.45, 7) is 15.1. The van der Waals surface area contributed by atoms with E-state index in [0.717, 1.165) is 19.3 Å². The predicted octanol–water partition coefficient (Wildman–Crippen LogP) is 3.12. The van der Waals surface area contributed by atoms with Gasteiger partial charge in [-0.2, -0.15) is 0 Å². The second-order valence-corrected chi connectivity index (χ2v) is 8.79. The lowest BCUT2D eigenvalue weighted by atomic mass is 9.62. The van der Waals surface area contributed by atoms with Crippen molar-refractivity contribution < 1.29 is 9.59 Å². The molecule has 0 saturated heterocycles. The molecular weight excluding hydrogens is 276 g/mol. The predicted molar refractivity (Wildman–Crippen MR) is 90.4 cm³/mol. The van der Waals surface area contributed by atoms with Gasteiger partial charge in [0.1, 0.15) is 0 Å². The number of carbonyl (C=O) groups excluding carboxylic acids is 2. The van der Waals surface area contributed by atoms with Gasteiger partial charge in [0.05, 0.1) is 0 Å². The van der Waals surface area contributed by atoms with Gasteiger partial charge in [-0.05, 0) is 30.1 Å². The molecule has 2 atom stereocenters. The second kappa shape index (κ2) is 7.01. The lowest BCUT2D eigenvalue weighted by Gasteiger charge is -2.47. The minimum absolute atomic E-state index is 0.0108. The van der Waals surface area contributed by atoms with Crippen molar-refractivity contribution in [1.82, 2.24) is 10.6 Å². The molecule has 0 aromatic heterocycles. The first-order valence-corrected chi connectivity index (χ1v) is 8.52. The SMILES string of the molecule is CC(C)C(=O)NC[C@@]1(C)C[C@H](NC(=O)C(C)C)CC(C)(C)C1. The molecule has 4 nitrogen and oxygen atoms in total. The highest BCUT2D eigenvalue weighted by Gasteiger charge is 2.41. The van der Waals surface area contributed by atoms with Gasteiger partial charge in [0.2, 0.25) is 11.8 Å². The average molecular weight is 310 g/mol. The molecule has 0 spiro atoms. The van der Waals surface area contributed by atoms with Crippen molar-refractivity contribution in [2.75, 3.05) is 6.54 Å². The smallest absolute Gasteiger partial charge is 0.222 e. The average Bonchev–Trinajstić information content (AvgIpc) is 2.33. The zero-order valence-corrected chi connectivity index (χ0v) is 15.4. The fraction of sp³-hybridized carbons (Fsp3) is 0.889. The van der Waals surface area contributed by atoms with Crippen LogP contribution in [0.1, 0.15) is 67.7 Å². The van der Waals surface area contributed by atoms with E-state index < -0.39 is 0 Å². The summed E-state index contributed by atoms with van der Waals surface area (Å²) in [5.74, 6) is 0.247. The Hall–Kier alpha value is -1.06. The van der Waals surface area contributed by atoms with Crippen molar-refractivity contribution in [3.05, 3.63) is 0 Å². The summed E-state index contributed by atoms with van der Waals surface area (Å²) in [5.41, 5.74) is 0.200. The molecule has 0 aromatic rings. The second-order valence-electron chi connectivity index (χ2n) is 8.79. The lowest BCUT2D eigenvalue weighted by Crippen LogP contribution is -2.51. The Balaban J connectivity index is 2.73. The van der Waals surface area contributed by atoms with Gasteiger partial charge in [0.15, 0.2) is 0 Å². The summed E-state index contributed by atoms with van der Waals surface area (Å²) in [4.78, 5) is 23.9. The number of hydrogen-bond donors (Lipinski definition) is 2. The van der Waals surface area contributed by atoms with Gasteiger partial charge in [-0.3, -0.25) is 9.59 Å². The van der Waals surface area contributed by atoms with Crippen LogP contribution in [0.2, 0.25) is 0 Å². The molecule has 1 aliphatic rings. The van der Waals surface area contributed by atoms with Crippen molar-refractivity contribution in [3.8, 4) is 0 Å². The van der Waals surface area contributed by atoms with Crippen molar-refractivity contribution in [3.63, 3.8) is 0 Å². The number of hydrogen-bond acceptors (Lipinski definition) is 2. The van der Waals surface area contributed by atoms with Crippen molar-refractivity contribution in [2.45, 2.75) is 73.8 Å². The van der Waals surface area contributed by atoms with E-state index in [1.54, 1.807) is 0 Å². The highest BCUT2D eigenvalue weighted by atomic mass is 16.2. The summed E-state index contributed by atoms with van der Waals surface area (Å²) in [6, 6.07) is 0.194. The van der Waals surface area contributed by atoms with Gasteiger partial charge < -0.3 is 10.6 Å². The van der Waals surface area contributed by atoms with Crippen LogP contribution in [0.4, 0.5) is 0 Å². The Labute approximate surface area is 135 Å². The van der Waals surface area contributed by atoms with Gasteiger partial charge in [0, 0.05) is 24.4 Å². The van der Waals surface area contributed by atoms with E-state index in [2.05, 4.69) is 31.4 Å². The van der Waals surface area contributed by atoms with E-state index in [1.165, 1.54) is 0 Å². The van der Waals surface area contributed by atoms with E-state index in [1.807, 2.05) is 27.7 Å². The maximum Gasteiger partial charge on any atom is 0.222 e. The maximum absolute atomic E-state index is 12.0. The molecule has 1 aliphatic carbocycles. The van der Waals surface area contributed by atoms with Gasteiger partial charge in [-0.1, -0.05) is 48.5 Å². The molecule has 4 heteroatoms. The van der Waals surface area contributed by atoms with Crippen LogP contribution in [0.5, 0.6) is 0 Å². The molecule has 0 unspecified atom stereocenters. The summed E-state index contributed by atoms with van der Waals surface area (Å²) < 4.78 is 0. The Kier molecular flexibility index (Phi) is 6.05. The Bertz CT molecular complexity index is 415. The van der Waals surface area contributed by atoms with Crippen LogP contribution in [-0.4, -0.2) is 24.4 Å². The largest absolute Gasteiger partial charge is 0.355 e. The van der Waals surface area contributed by atoms with Gasteiger partial charge in [0.25, 0.3) is 0 Å². The van der Waals surface area contributed by atoms with Crippen molar-refractivity contribution in [2.24, 2.45) is 22.7 Å². The quantitative estimate of drug-likeness (QED) is 0.819. The summed E-state index contributed by atoms with van der Waals surface area (Å²) in [6.07, 6.45) is 2.98. The summed E-state index contributed by atoms with van der Waals surface area (Å²) >= 11 is 0. The number of amides is 2. The van der Waals surface area contributed by atoms with Crippen molar-refractivity contribution >= 4 is 11.8 Å². The Morgan fingerprint density at radius 3 is 2.05 bits per heavy atom. The van der Waals surface area contributed by atoms with Crippen LogP contribution in [-0.2, 0) is 9.59 Å². The highest BCUT2D eigenvalue weighted by molar-refractivity contribution is 5.78. The van der Waals surface area contributed by atoms with Gasteiger partial charge in [-0.15, -0.1) is 0 Å². The van der Waals surface area contributed by atoms with Gasteiger partial charge in [-0.25, -0.2) is 0 Å². The molecule has 1 saturated carbocycles. The molecule has 0 heterocycles. The third-order valence-electron chi connectivity index (χ3n) is 4.53. The Morgan fingerprint density at radius 2 is 1.55 bits per heavy atom. The van der Waals surface area contributed by atoms with Crippen LogP contribution >= 0.6 is 0 Å². The van der Waals surface area contributed by atoms with E-state index >= 15 is 0 Å². The molecule has 1 rings (SSSR count). The van der Waals surface area contributed by atoms with Crippen LogP contribution in [0.25, 0.3) is 0 Å². The molecule has 128 valence electrons. The first-order chi connectivity index (χ1) is 9.94. The molecule has 2 amide bonds. The summed E-state index contributed by atoms with van der Waals surface area (Å²) in [7, 11) is 0. The molecule has 0 aliphatic heterocycles. The minimum Gasteiger partial charge on any atom is -0.355 e. The third-order valence-corrected chi connectivity index (χ3v) is 4.53. The number of nitrogens with one attached hydrogen (secondary N) is 2. The van der Waals surface area contributed by atoms with E-state index in [9.17, 15) is 9.59 Å². The molecule has 0 radical (unpaired) electrons. The van der Waals surface area contributed by atoms with Crippen molar-refractivity contribution in [1.29, 1.82) is 0 Å². The van der Waals surface area contributed by atoms with Crippen LogP contribution in [0.15, 0.2) is 0 Å². The first kappa shape index (κ1) is 19.0. The molecular formula is C18H34N2O2. The standard InChI is InChI=1S/C18H34N2O2/c1-12(2)15(21)19-11-18(7)9-14(8-17(5,6)10-18)20-16(22)13(3)4/h12-14H,8-11H2,1-7H3,(H,19,21)(H,20,22)/t14-,18+/m1/s1. The zero-order chi connectivity index (χ0) is 17.1. The molecule has 0 aromatic carbocycles. The van der Waals surface area contributed by atoms with Gasteiger partial charge >= 0.3 is 0 Å².